The summed E-state index contributed by atoms with van der Waals surface area (Å²) >= 11 is 12.1. The van der Waals surface area contributed by atoms with Crippen LogP contribution in [0.1, 0.15) is 16.1 Å². The number of fused-ring (bicyclic) bond motifs is 1. The third-order valence-corrected chi connectivity index (χ3v) is 4.19. The first-order valence-corrected chi connectivity index (χ1v) is 7.98. The van der Waals surface area contributed by atoms with E-state index in [1.54, 1.807) is 42.5 Å². The van der Waals surface area contributed by atoms with Gasteiger partial charge < -0.3 is 0 Å². The van der Waals surface area contributed by atoms with Crippen molar-refractivity contribution in [1.29, 1.82) is 0 Å². The van der Waals surface area contributed by atoms with Crippen molar-refractivity contribution in [3.63, 3.8) is 0 Å². The van der Waals surface area contributed by atoms with Gasteiger partial charge in [-0.15, -0.1) is 0 Å². The van der Waals surface area contributed by atoms with Gasteiger partial charge in [0, 0.05) is 18.0 Å². The summed E-state index contributed by atoms with van der Waals surface area (Å²) in [6, 6.07) is 11.8. The second-order valence-corrected chi connectivity index (χ2v) is 5.97. The summed E-state index contributed by atoms with van der Waals surface area (Å²) in [5, 5.41) is 9.59. The number of hydrogen-bond donors (Lipinski definition) is 1. The first-order valence-electron chi connectivity index (χ1n) is 7.22. The fraction of sp³-hybridized carbons (Fsp3) is 0.0588. The minimum atomic E-state index is -0.550. The standard InChI is InChI=1S/C17H12Cl2N4O2/c1-23-17(25)11-6-3-2-5-10(11)15(22-23)16(24)21-20-9-12-13(18)7-4-8-14(12)19/h2-9H,1H3,(H,21,24)/b20-9-. The molecule has 0 aliphatic heterocycles. The Labute approximate surface area is 152 Å². The molecule has 8 heteroatoms. The number of nitrogens with zero attached hydrogens (tertiary/aromatic N) is 3. The molecule has 1 amide bonds. The lowest BCUT2D eigenvalue weighted by Gasteiger charge is -2.06. The van der Waals surface area contributed by atoms with Gasteiger partial charge in [0.1, 0.15) is 0 Å². The van der Waals surface area contributed by atoms with Gasteiger partial charge in [-0.1, -0.05) is 47.5 Å². The van der Waals surface area contributed by atoms with E-state index in [0.29, 0.717) is 26.4 Å². The third-order valence-electron chi connectivity index (χ3n) is 3.53. The molecule has 1 N–H and O–H groups in total. The van der Waals surface area contributed by atoms with Gasteiger partial charge in [0.15, 0.2) is 5.69 Å². The minimum Gasteiger partial charge on any atom is -0.267 e. The van der Waals surface area contributed by atoms with Crippen molar-refractivity contribution in [2.24, 2.45) is 12.1 Å². The van der Waals surface area contributed by atoms with Gasteiger partial charge in [-0.2, -0.15) is 10.2 Å². The van der Waals surface area contributed by atoms with Crippen LogP contribution in [0.4, 0.5) is 0 Å². The lowest BCUT2D eigenvalue weighted by atomic mass is 10.1. The van der Waals surface area contributed by atoms with E-state index >= 15 is 0 Å². The molecule has 6 nitrogen and oxygen atoms in total. The van der Waals surface area contributed by atoms with Crippen LogP contribution < -0.4 is 11.0 Å². The van der Waals surface area contributed by atoms with Gasteiger partial charge in [-0.3, -0.25) is 9.59 Å². The molecule has 0 radical (unpaired) electrons. The lowest BCUT2D eigenvalue weighted by Crippen LogP contribution is -2.27. The molecule has 0 fully saturated rings. The highest BCUT2D eigenvalue weighted by Crippen LogP contribution is 2.22. The quantitative estimate of drug-likeness (QED) is 0.565. The molecule has 0 aliphatic carbocycles. The molecule has 0 atom stereocenters. The van der Waals surface area contributed by atoms with Crippen LogP contribution in [-0.2, 0) is 7.05 Å². The molecule has 0 bridgehead atoms. The summed E-state index contributed by atoms with van der Waals surface area (Å²) in [6.45, 7) is 0. The highest BCUT2D eigenvalue weighted by molar-refractivity contribution is 6.38. The van der Waals surface area contributed by atoms with Crippen molar-refractivity contribution in [3.05, 3.63) is 74.1 Å². The molecule has 126 valence electrons. The van der Waals surface area contributed by atoms with Crippen molar-refractivity contribution in [3.8, 4) is 0 Å². The zero-order valence-corrected chi connectivity index (χ0v) is 14.5. The molecule has 3 aromatic rings. The Morgan fingerprint density at radius 2 is 1.76 bits per heavy atom. The molecule has 0 aliphatic rings. The second kappa shape index (κ2) is 7.04. The molecule has 25 heavy (non-hydrogen) atoms. The largest absolute Gasteiger partial charge is 0.292 e. The summed E-state index contributed by atoms with van der Waals surface area (Å²) in [7, 11) is 1.48. The van der Waals surface area contributed by atoms with Crippen LogP contribution in [0, 0.1) is 0 Å². The average molecular weight is 375 g/mol. The van der Waals surface area contributed by atoms with Crippen molar-refractivity contribution in [2.75, 3.05) is 0 Å². The van der Waals surface area contributed by atoms with Crippen LogP contribution in [0.5, 0.6) is 0 Å². The van der Waals surface area contributed by atoms with Crippen LogP contribution in [0.3, 0.4) is 0 Å². The van der Waals surface area contributed by atoms with E-state index in [9.17, 15) is 9.59 Å². The minimum absolute atomic E-state index is 0.0973. The molecule has 0 unspecified atom stereocenters. The number of halogens is 2. The maximum absolute atomic E-state index is 12.4. The summed E-state index contributed by atoms with van der Waals surface area (Å²) in [4.78, 5) is 24.5. The van der Waals surface area contributed by atoms with Crippen molar-refractivity contribution in [2.45, 2.75) is 0 Å². The topological polar surface area (TPSA) is 76.3 Å². The molecule has 0 saturated heterocycles. The zero-order chi connectivity index (χ0) is 18.0. The van der Waals surface area contributed by atoms with E-state index in [1.807, 2.05) is 0 Å². The predicted molar refractivity (Wildman–Crippen MR) is 98.5 cm³/mol. The number of benzene rings is 2. The molecule has 0 spiro atoms. The number of hydrogen-bond acceptors (Lipinski definition) is 4. The Morgan fingerprint density at radius 3 is 2.44 bits per heavy atom. The normalized spacial score (nSPS) is 11.2. The Hall–Kier alpha value is -2.70. The van der Waals surface area contributed by atoms with E-state index < -0.39 is 5.91 Å². The first kappa shape index (κ1) is 17.1. The molecule has 1 aromatic heterocycles. The average Bonchev–Trinajstić information content (AvgIpc) is 2.60. The van der Waals surface area contributed by atoms with Crippen LogP contribution >= 0.6 is 23.2 Å². The summed E-state index contributed by atoms with van der Waals surface area (Å²) in [5.41, 5.74) is 2.68. The number of carbonyl (C=O) groups is 1. The van der Waals surface area contributed by atoms with E-state index in [-0.39, 0.29) is 11.3 Å². The highest BCUT2D eigenvalue weighted by Gasteiger charge is 2.15. The number of aryl methyl sites for hydroxylation is 1. The number of hydrazone groups is 1. The van der Waals surface area contributed by atoms with Gasteiger partial charge in [0.25, 0.3) is 11.5 Å². The Bertz CT molecular complexity index is 1040. The highest BCUT2D eigenvalue weighted by atomic mass is 35.5. The van der Waals surface area contributed by atoms with Crippen LogP contribution in [0.15, 0.2) is 52.4 Å². The van der Waals surface area contributed by atoms with Gasteiger partial charge >= 0.3 is 0 Å². The number of nitrogens with one attached hydrogen (secondary N) is 1. The van der Waals surface area contributed by atoms with Crippen molar-refractivity contribution in [1.82, 2.24) is 15.2 Å². The Kier molecular flexibility index (Phi) is 4.83. The summed E-state index contributed by atoms with van der Waals surface area (Å²) < 4.78 is 1.12. The van der Waals surface area contributed by atoms with Gasteiger partial charge in [0.2, 0.25) is 0 Å². The fourth-order valence-electron chi connectivity index (χ4n) is 2.31. The Morgan fingerprint density at radius 1 is 1.12 bits per heavy atom. The predicted octanol–water partition coefficient (Wildman–Crippen LogP) is 3.00. The SMILES string of the molecule is Cn1nc(C(=O)N/N=C\c2c(Cl)cccc2Cl)c2ccccc2c1=O. The maximum Gasteiger partial charge on any atom is 0.292 e. The van der Waals surface area contributed by atoms with E-state index in [0.717, 1.165) is 4.68 Å². The van der Waals surface area contributed by atoms with Crippen LogP contribution in [-0.4, -0.2) is 21.9 Å². The number of aromatic nitrogens is 2. The van der Waals surface area contributed by atoms with E-state index in [1.165, 1.54) is 13.3 Å². The van der Waals surface area contributed by atoms with Gasteiger partial charge in [-0.25, -0.2) is 10.1 Å². The fourth-order valence-corrected chi connectivity index (χ4v) is 2.80. The number of amides is 1. The van der Waals surface area contributed by atoms with Gasteiger partial charge in [-0.05, 0) is 18.2 Å². The molecule has 3 rings (SSSR count). The van der Waals surface area contributed by atoms with E-state index in [4.69, 9.17) is 23.2 Å². The van der Waals surface area contributed by atoms with Gasteiger partial charge in [0.05, 0.1) is 21.6 Å². The van der Waals surface area contributed by atoms with Crippen LogP contribution in [0.2, 0.25) is 10.0 Å². The first-order chi connectivity index (χ1) is 12.0. The third kappa shape index (κ3) is 3.40. The van der Waals surface area contributed by atoms with Crippen molar-refractivity contribution >= 4 is 46.1 Å². The number of rotatable bonds is 3. The molecule has 1 heterocycles. The molecule has 2 aromatic carbocycles. The Balaban J connectivity index is 1.92. The summed E-state index contributed by atoms with van der Waals surface area (Å²) in [6.07, 6.45) is 1.35. The van der Waals surface area contributed by atoms with E-state index in [2.05, 4.69) is 15.6 Å². The monoisotopic (exact) mass is 374 g/mol. The lowest BCUT2D eigenvalue weighted by molar-refractivity contribution is 0.0950. The van der Waals surface area contributed by atoms with Crippen molar-refractivity contribution < 1.29 is 4.79 Å². The second-order valence-electron chi connectivity index (χ2n) is 5.16. The molecule has 0 saturated carbocycles. The number of carbonyl (C=O) groups excluding carboxylic acids is 1. The molecular formula is C17H12Cl2N4O2. The molecular weight excluding hydrogens is 363 g/mol. The summed E-state index contributed by atoms with van der Waals surface area (Å²) in [5.74, 6) is -0.550. The zero-order valence-electron chi connectivity index (χ0n) is 13.0. The van der Waals surface area contributed by atoms with Crippen LogP contribution in [0.25, 0.3) is 10.8 Å². The maximum atomic E-state index is 12.4. The smallest absolute Gasteiger partial charge is 0.267 e.